The number of carbonyl (C=O) groups is 3. The van der Waals surface area contributed by atoms with Gasteiger partial charge in [-0.2, -0.15) is 0 Å². The molecule has 0 rings (SSSR count). The predicted molar refractivity (Wildman–Crippen MR) is 115 cm³/mol. The molecule has 0 aliphatic heterocycles. The van der Waals surface area contributed by atoms with Gasteiger partial charge in [0.1, 0.15) is 18.7 Å². The fraction of sp³-hybridized carbons (Fsp3) is 0.864. The van der Waals surface area contributed by atoms with Crippen LogP contribution in [0.3, 0.4) is 0 Å². The summed E-state index contributed by atoms with van der Waals surface area (Å²) in [6, 6.07) is 0. The largest absolute Gasteiger partial charge is 0.480 e. The minimum atomic E-state index is -1.17. The molecule has 7 heteroatoms. The number of carboxylic acids is 1. The average Bonchev–Trinajstić information content (AvgIpc) is 2.60. The van der Waals surface area contributed by atoms with Gasteiger partial charge in [0.05, 0.1) is 0 Å². The van der Waals surface area contributed by atoms with Crippen LogP contribution in [0.1, 0.15) is 92.4 Å². The Balaban J connectivity index is 4.89. The van der Waals surface area contributed by atoms with Gasteiger partial charge < -0.3 is 14.7 Å². The van der Waals surface area contributed by atoms with Crippen molar-refractivity contribution in [3.05, 3.63) is 0 Å². The van der Waals surface area contributed by atoms with E-state index in [1.807, 2.05) is 0 Å². The molecule has 1 N–H and O–H groups in total. The van der Waals surface area contributed by atoms with Crippen molar-refractivity contribution in [2.45, 2.75) is 98.0 Å². The molecule has 0 fully saturated rings. The predicted octanol–water partition coefficient (Wildman–Crippen LogP) is 4.69. The summed E-state index contributed by atoms with van der Waals surface area (Å²) in [5.74, 6) is -1.39. The van der Waals surface area contributed by atoms with E-state index in [2.05, 4.69) is 13.8 Å². The van der Waals surface area contributed by atoms with Gasteiger partial charge >= 0.3 is 12.1 Å². The van der Waals surface area contributed by atoms with Crippen LogP contribution in [0.25, 0.3) is 0 Å². The summed E-state index contributed by atoms with van der Waals surface area (Å²) in [6.45, 7) is 9.87. The maximum absolute atomic E-state index is 12.8. The van der Waals surface area contributed by atoms with E-state index in [9.17, 15) is 14.4 Å². The summed E-state index contributed by atoms with van der Waals surface area (Å²) < 4.78 is 5.27. The summed E-state index contributed by atoms with van der Waals surface area (Å²) >= 11 is 0. The topological polar surface area (TPSA) is 87.2 Å². The Kier molecular flexibility index (Phi) is 14.2. The van der Waals surface area contributed by atoms with Crippen molar-refractivity contribution in [1.82, 2.24) is 9.80 Å². The van der Waals surface area contributed by atoms with E-state index in [0.29, 0.717) is 13.1 Å². The molecular formula is C22H42N2O5. The van der Waals surface area contributed by atoms with Crippen molar-refractivity contribution < 1.29 is 24.2 Å². The molecule has 0 radical (unpaired) electrons. The number of carbonyl (C=O) groups excluding carboxylic acids is 2. The van der Waals surface area contributed by atoms with Crippen molar-refractivity contribution in [2.75, 3.05) is 26.2 Å². The van der Waals surface area contributed by atoms with Crippen LogP contribution in [0.15, 0.2) is 0 Å². The van der Waals surface area contributed by atoms with Crippen LogP contribution in [0.5, 0.6) is 0 Å². The molecule has 0 saturated heterocycles. The quantitative estimate of drug-likeness (QED) is 0.393. The third-order valence-electron chi connectivity index (χ3n) is 4.47. The lowest BCUT2D eigenvalue weighted by Crippen LogP contribution is -2.47. The summed E-state index contributed by atoms with van der Waals surface area (Å²) in [5.41, 5.74) is -0.754. The zero-order valence-electron chi connectivity index (χ0n) is 19.2. The van der Waals surface area contributed by atoms with Crippen LogP contribution in [-0.2, 0) is 14.3 Å². The standard InChI is InChI=1S/C22H42N2O5/c1-6-8-10-11-12-14-16-23(15-13-9-7-2)19(25)17-24(18-20(26)27)21(28)29-22(3,4)5/h6-18H2,1-5H3,(H,26,27). The number of unbranched alkanes of at least 4 members (excludes halogenated alkanes) is 7. The Labute approximate surface area is 176 Å². The number of rotatable bonds is 15. The molecule has 0 aromatic heterocycles. The first-order valence-electron chi connectivity index (χ1n) is 11.1. The van der Waals surface area contributed by atoms with Crippen LogP contribution in [0, 0.1) is 0 Å². The SMILES string of the molecule is CCCCCCCCN(CCCCC)C(=O)CN(CC(=O)O)C(=O)OC(C)(C)C. The summed E-state index contributed by atoms with van der Waals surface area (Å²) in [7, 11) is 0. The molecule has 0 saturated carbocycles. The van der Waals surface area contributed by atoms with E-state index < -0.39 is 24.2 Å². The number of hydrogen-bond donors (Lipinski definition) is 1. The van der Waals surface area contributed by atoms with Gasteiger partial charge in [-0.15, -0.1) is 0 Å². The zero-order valence-corrected chi connectivity index (χ0v) is 19.2. The summed E-state index contributed by atoms with van der Waals surface area (Å²) in [6.07, 6.45) is 9.03. The summed E-state index contributed by atoms with van der Waals surface area (Å²) in [5, 5.41) is 9.13. The van der Waals surface area contributed by atoms with E-state index in [1.54, 1.807) is 25.7 Å². The Morgan fingerprint density at radius 2 is 1.24 bits per heavy atom. The molecule has 0 atom stereocenters. The fourth-order valence-electron chi connectivity index (χ4n) is 2.93. The third kappa shape index (κ3) is 14.8. The molecule has 0 unspecified atom stereocenters. The monoisotopic (exact) mass is 414 g/mol. The number of amides is 2. The Hall–Kier alpha value is -1.79. The second kappa shape index (κ2) is 15.1. The highest BCUT2D eigenvalue weighted by Gasteiger charge is 2.27. The molecule has 0 aromatic carbocycles. The Morgan fingerprint density at radius 3 is 1.76 bits per heavy atom. The van der Waals surface area contributed by atoms with Gasteiger partial charge in [0.15, 0.2) is 0 Å². The third-order valence-corrected chi connectivity index (χ3v) is 4.47. The molecule has 0 aliphatic rings. The van der Waals surface area contributed by atoms with E-state index in [1.165, 1.54) is 19.3 Å². The molecule has 0 aliphatic carbocycles. The minimum absolute atomic E-state index is 0.221. The maximum atomic E-state index is 12.8. The molecule has 0 heterocycles. The van der Waals surface area contributed by atoms with Crippen molar-refractivity contribution in [3.63, 3.8) is 0 Å². The van der Waals surface area contributed by atoms with Crippen LogP contribution in [0.2, 0.25) is 0 Å². The van der Waals surface area contributed by atoms with E-state index >= 15 is 0 Å². The van der Waals surface area contributed by atoms with Gasteiger partial charge in [0.25, 0.3) is 0 Å². The Morgan fingerprint density at radius 1 is 0.759 bits per heavy atom. The van der Waals surface area contributed by atoms with Crippen molar-refractivity contribution in [3.8, 4) is 0 Å². The minimum Gasteiger partial charge on any atom is -0.480 e. The number of nitrogens with zero attached hydrogens (tertiary/aromatic N) is 2. The first-order valence-corrected chi connectivity index (χ1v) is 11.1. The molecule has 170 valence electrons. The average molecular weight is 415 g/mol. The number of aliphatic carboxylic acids is 1. The second-order valence-electron chi connectivity index (χ2n) is 8.59. The first kappa shape index (κ1) is 27.2. The van der Waals surface area contributed by atoms with E-state index in [4.69, 9.17) is 9.84 Å². The van der Waals surface area contributed by atoms with Crippen LogP contribution in [0.4, 0.5) is 4.79 Å². The van der Waals surface area contributed by atoms with Crippen LogP contribution < -0.4 is 0 Å². The lowest BCUT2D eigenvalue weighted by Gasteiger charge is -2.29. The van der Waals surface area contributed by atoms with Crippen molar-refractivity contribution in [1.29, 1.82) is 0 Å². The Bertz CT molecular complexity index is 488. The summed E-state index contributed by atoms with van der Waals surface area (Å²) in [4.78, 5) is 39.1. The zero-order chi connectivity index (χ0) is 22.3. The van der Waals surface area contributed by atoms with Crippen LogP contribution in [-0.4, -0.2) is 64.7 Å². The van der Waals surface area contributed by atoms with E-state index in [-0.39, 0.29) is 12.5 Å². The molecule has 7 nitrogen and oxygen atoms in total. The molecular weight excluding hydrogens is 372 g/mol. The molecule has 2 amide bonds. The van der Waals surface area contributed by atoms with Gasteiger partial charge in [0.2, 0.25) is 5.91 Å². The molecule has 0 spiro atoms. The molecule has 29 heavy (non-hydrogen) atoms. The first-order chi connectivity index (χ1) is 13.6. The fourth-order valence-corrected chi connectivity index (χ4v) is 2.93. The van der Waals surface area contributed by atoms with E-state index in [0.717, 1.165) is 43.4 Å². The van der Waals surface area contributed by atoms with Crippen LogP contribution >= 0.6 is 0 Å². The number of hydrogen-bond acceptors (Lipinski definition) is 4. The molecule has 0 aromatic rings. The molecule has 0 bridgehead atoms. The van der Waals surface area contributed by atoms with Gasteiger partial charge in [-0.1, -0.05) is 58.8 Å². The smallest absolute Gasteiger partial charge is 0.411 e. The van der Waals surface area contributed by atoms with Crippen molar-refractivity contribution >= 4 is 18.0 Å². The van der Waals surface area contributed by atoms with Gasteiger partial charge in [-0.05, 0) is 33.6 Å². The maximum Gasteiger partial charge on any atom is 0.411 e. The highest BCUT2D eigenvalue weighted by atomic mass is 16.6. The van der Waals surface area contributed by atoms with Gasteiger partial charge in [-0.3, -0.25) is 14.5 Å². The highest BCUT2D eigenvalue weighted by molar-refractivity contribution is 5.84. The highest BCUT2D eigenvalue weighted by Crippen LogP contribution is 2.12. The number of carboxylic acid groups (broad SMARTS) is 1. The van der Waals surface area contributed by atoms with Gasteiger partial charge in [0, 0.05) is 13.1 Å². The number of ether oxygens (including phenoxy) is 1. The lowest BCUT2D eigenvalue weighted by molar-refractivity contribution is -0.139. The lowest BCUT2D eigenvalue weighted by atomic mass is 10.1. The van der Waals surface area contributed by atoms with Crippen molar-refractivity contribution in [2.24, 2.45) is 0 Å². The second-order valence-corrected chi connectivity index (χ2v) is 8.59. The normalized spacial score (nSPS) is 11.2. The van der Waals surface area contributed by atoms with Gasteiger partial charge in [-0.25, -0.2) is 4.79 Å².